The molecule has 0 aliphatic rings. The molecule has 0 spiro atoms. The van der Waals surface area contributed by atoms with E-state index in [1.807, 2.05) is 0 Å². The zero-order valence-electron chi connectivity index (χ0n) is 9.96. The lowest BCUT2D eigenvalue weighted by molar-refractivity contribution is -0.137. The SMILES string of the molecule is OC(c1ccc(C(F)(F)F)cc1)c1ccc(Br)cc1F. The molecule has 6 heteroatoms. The fourth-order valence-corrected chi connectivity index (χ4v) is 2.09. The molecule has 1 N–H and O–H groups in total. The highest BCUT2D eigenvalue weighted by atomic mass is 79.9. The Bertz CT molecular complexity index is 608. The number of hydrogen-bond acceptors (Lipinski definition) is 1. The van der Waals surface area contributed by atoms with Crippen molar-refractivity contribution in [2.45, 2.75) is 12.3 Å². The zero-order valence-corrected chi connectivity index (χ0v) is 11.5. The summed E-state index contributed by atoms with van der Waals surface area (Å²) in [4.78, 5) is 0. The van der Waals surface area contributed by atoms with Crippen LogP contribution in [0.15, 0.2) is 46.9 Å². The standard InChI is InChI=1S/C14H9BrF4O/c15-10-5-6-11(12(16)7-10)13(20)8-1-3-9(4-2-8)14(17,18)19/h1-7,13,20H. The van der Waals surface area contributed by atoms with Gasteiger partial charge in [0.05, 0.1) is 5.56 Å². The number of hydrogen-bond donors (Lipinski definition) is 1. The average Bonchev–Trinajstić information content (AvgIpc) is 2.37. The lowest BCUT2D eigenvalue weighted by Crippen LogP contribution is -2.06. The van der Waals surface area contributed by atoms with E-state index in [1.54, 1.807) is 6.07 Å². The smallest absolute Gasteiger partial charge is 0.384 e. The maximum atomic E-state index is 13.7. The van der Waals surface area contributed by atoms with Crippen LogP contribution in [-0.4, -0.2) is 5.11 Å². The third-order valence-electron chi connectivity index (χ3n) is 2.81. The van der Waals surface area contributed by atoms with Crippen molar-refractivity contribution in [2.75, 3.05) is 0 Å². The van der Waals surface area contributed by atoms with Gasteiger partial charge in [0.2, 0.25) is 0 Å². The highest BCUT2D eigenvalue weighted by Crippen LogP contribution is 2.31. The van der Waals surface area contributed by atoms with Gasteiger partial charge in [-0.15, -0.1) is 0 Å². The van der Waals surface area contributed by atoms with Crippen LogP contribution in [0, 0.1) is 5.82 Å². The molecule has 0 aliphatic carbocycles. The second-order valence-electron chi connectivity index (χ2n) is 4.19. The Morgan fingerprint density at radius 1 is 1.00 bits per heavy atom. The van der Waals surface area contributed by atoms with Crippen molar-refractivity contribution >= 4 is 15.9 Å². The molecular weight excluding hydrogens is 340 g/mol. The minimum atomic E-state index is -4.44. The molecule has 0 fully saturated rings. The first kappa shape index (κ1) is 15.0. The second kappa shape index (κ2) is 5.54. The van der Waals surface area contributed by atoms with Gasteiger partial charge in [0.25, 0.3) is 0 Å². The van der Waals surface area contributed by atoms with Crippen molar-refractivity contribution in [3.8, 4) is 0 Å². The Hall–Kier alpha value is -1.40. The van der Waals surface area contributed by atoms with Gasteiger partial charge in [-0.05, 0) is 29.8 Å². The molecule has 1 atom stereocenters. The summed E-state index contributed by atoms with van der Waals surface area (Å²) in [6.07, 6.45) is -5.75. The summed E-state index contributed by atoms with van der Waals surface area (Å²) in [6, 6.07) is 8.09. The van der Waals surface area contributed by atoms with E-state index in [0.29, 0.717) is 4.47 Å². The molecule has 106 valence electrons. The molecular formula is C14H9BrF4O. The van der Waals surface area contributed by atoms with E-state index in [4.69, 9.17) is 0 Å². The van der Waals surface area contributed by atoms with Crippen LogP contribution in [-0.2, 0) is 6.18 Å². The van der Waals surface area contributed by atoms with Crippen LogP contribution in [0.3, 0.4) is 0 Å². The minimum Gasteiger partial charge on any atom is -0.384 e. The molecule has 2 rings (SSSR count). The van der Waals surface area contributed by atoms with Crippen LogP contribution in [0.1, 0.15) is 22.8 Å². The number of aliphatic hydroxyl groups is 1. The molecule has 0 aromatic heterocycles. The molecule has 0 saturated heterocycles. The highest BCUT2D eigenvalue weighted by Gasteiger charge is 2.30. The van der Waals surface area contributed by atoms with E-state index >= 15 is 0 Å². The van der Waals surface area contributed by atoms with Gasteiger partial charge in [0.1, 0.15) is 11.9 Å². The van der Waals surface area contributed by atoms with Gasteiger partial charge in [0, 0.05) is 10.0 Å². The minimum absolute atomic E-state index is 0.00737. The third-order valence-corrected chi connectivity index (χ3v) is 3.30. The summed E-state index contributed by atoms with van der Waals surface area (Å²) in [7, 11) is 0. The van der Waals surface area contributed by atoms with Gasteiger partial charge in [-0.2, -0.15) is 13.2 Å². The van der Waals surface area contributed by atoms with Crippen LogP contribution in [0.4, 0.5) is 17.6 Å². The largest absolute Gasteiger partial charge is 0.416 e. The molecule has 0 saturated carbocycles. The van der Waals surface area contributed by atoms with Crippen molar-refractivity contribution in [3.05, 3.63) is 69.4 Å². The van der Waals surface area contributed by atoms with Crippen LogP contribution >= 0.6 is 15.9 Å². The molecule has 1 nitrogen and oxygen atoms in total. The fraction of sp³-hybridized carbons (Fsp3) is 0.143. The maximum Gasteiger partial charge on any atom is 0.416 e. The van der Waals surface area contributed by atoms with Crippen molar-refractivity contribution < 1.29 is 22.7 Å². The van der Waals surface area contributed by atoms with E-state index < -0.39 is 23.7 Å². The number of halogens is 5. The molecule has 0 bridgehead atoms. The van der Waals surface area contributed by atoms with Crippen LogP contribution in [0.25, 0.3) is 0 Å². The first-order chi connectivity index (χ1) is 9.29. The molecule has 0 radical (unpaired) electrons. The zero-order chi connectivity index (χ0) is 14.9. The Morgan fingerprint density at radius 3 is 2.10 bits per heavy atom. The molecule has 0 amide bonds. The normalized spacial score (nSPS) is 13.3. The second-order valence-corrected chi connectivity index (χ2v) is 5.10. The van der Waals surface area contributed by atoms with Gasteiger partial charge >= 0.3 is 6.18 Å². The Kier molecular flexibility index (Phi) is 4.15. The Morgan fingerprint density at radius 2 is 1.60 bits per heavy atom. The summed E-state index contributed by atoms with van der Waals surface area (Å²) in [5.74, 6) is -0.633. The fourth-order valence-electron chi connectivity index (χ4n) is 1.76. The topological polar surface area (TPSA) is 20.2 Å². The van der Waals surface area contributed by atoms with Gasteiger partial charge in [-0.3, -0.25) is 0 Å². The van der Waals surface area contributed by atoms with E-state index in [0.717, 1.165) is 24.3 Å². The molecule has 2 aromatic rings. The van der Waals surface area contributed by atoms with Crippen LogP contribution < -0.4 is 0 Å². The predicted octanol–water partition coefficient (Wildman–Crippen LogP) is 4.69. The van der Waals surface area contributed by atoms with Gasteiger partial charge in [0.15, 0.2) is 0 Å². The Labute approximate surface area is 121 Å². The summed E-state index contributed by atoms with van der Waals surface area (Å²) in [5, 5.41) is 10.0. The van der Waals surface area contributed by atoms with E-state index in [2.05, 4.69) is 15.9 Å². The van der Waals surface area contributed by atoms with E-state index in [9.17, 15) is 22.7 Å². The van der Waals surface area contributed by atoms with Crippen molar-refractivity contribution in [1.29, 1.82) is 0 Å². The predicted molar refractivity (Wildman–Crippen MR) is 69.6 cm³/mol. The quantitative estimate of drug-likeness (QED) is 0.780. The summed E-state index contributed by atoms with van der Waals surface area (Å²) in [5.41, 5.74) is -0.614. The summed E-state index contributed by atoms with van der Waals surface area (Å²) in [6.45, 7) is 0. The summed E-state index contributed by atoms with van der Waals surface area (Å²) >= 11 is 3.09. The molecule has 0 aliphatic heterocycles. The van der Waals surface area contributed by atoms with Crippen molar-refractivity contribution in [3.63, 3.8) is 0 Å². The van der Waals surface area contributed by atoms with Crippen LogP contribution in [0.2, 0.25) is 0 Å². The van der Waals surface area contributed by atoms with Gasteiger partial charge in [-0.1, -0.05) is 34.1 Å². The number of rotatable bonds is 2. The van der Waals surface area contributed by atoms with Gasteiger partial charge < -0.3 is 5.11 Å². The number of benzene rings is 2. The molecule has 2 aromatic carbocycles. The van der Waals surface area contributed by atoms with Crippen LogP contribution in [0.5, 0.6) is 0 Å². The highest BCUT2D eigenvalue weighted by molar-refractivity contribution is 9.10. The monoisotopic (exact) mass is 348 g/mol. The maximum absolute atomic E-state index is 13.7. The molecule has 1 unspecified atom stereocenters. The van der Waals surface area contributed by atoms with Crippen molar-refractivity contribution in [1.82, 2.24) is 0 Å². The first-order valence-electron chi connectivity index (χ1n) is 5.59. The average molecular weight is 349 g/mol. The molecule has 20 heavy (non-hydrogen) atoms. The third kappa shape index (κ3) is 3.19. The molecule has 0 heterocycles. The van der Waals surface area contributed by atoms with E-state index in [-0.39, 0.29) is 11.1 Å². The lowest BCUT2D eigenvalue weighted by atomic mass is 10.00. The van der Waals surface area contributed by atoms with E-state index in [1.165, 1.54) is 12.1 Å². The van der Waals surface area contributed by atoms with Crippen molar-refractivity contribution in [2.24, 2.45) is 0 Å². The summed E-state index contributed by atoms with van der Waals surface area (Å²) < 4.78 is 51.5. The number of alkyl halides is 3. The first-order valence-corrected chi connectivity index (χ1v) is 6.38. The van der Waals surface area contributed by atoms with Gasteiger partial charge in [-0.25, -0.2) is 4.39 Å². The Balaban J connectivity index is 2.31. The number of aliphatic hydroxyl groups excluding tert-OH is 1. The lowest BCUT2D eigenvalue weighted by Gasteiger charge is -2.14.